The monoisotopic (exact) mass is 692 g/mol. The zero-order chi connectivity index (χ0) is 34.7. The number of nitrogens with zero attached hydrogens (tertiary/aromatic N) is 6. The number of imidazole rings is 1. The van der Waals surface area contributed by atoms with E-state index >= 15 is 0 Å². The number of rotatable bonds is 11. The number of alkyl halides is 2. The van der Waals surface area contributed by atoms with Crippen LogP contribution in [-0.2, 0) is 14.8 Å². The number of fused-ring (bicyclic) bond motifs is 1. The van der Waals surface area contributed by atoms with Crippen LogP contribution in [0.5, 0.6) is 5.75 Å². The summed E-state index contributed by atoms with van der Waals surface area (Å²) in [5.41, 5.74) is -0.216. The molecule has 6 rings (SSSR count). The quantitative estimate of drug-likeness (QED) is 0.233. The van der Waals surface area contributed by atoms with Crippen molar-refractivity contribution < 1.29 is 26.7 Å². The Hall–Kier alpha value is -4.58. The molecule has 2 aliphatic heterocycles. The van der Waals surface area contributed by atoms with Gasteiger partial charge in [0.2, 0.25) is 0 Å². The largest absolute Gasteiger partial charge is 0.488 e. The first-order chi connectivity index (χ1) is 23.6. The molecule has 2 saturated heterocycles. The minimum absolute atomic E-state index is 0.0139. The maximum Gasteiger partial charge on any atom is 0.344 e. The number of likely N-dealkylation sites (tertiary alicyclic amines) is 1. The molecule has 3 aromatic carbocycles. The van der Waals surface area contributed by atoms with Gasteiger partial charge < -0.3 is 14.5 Å². The molecule has 49 heavy (non-hydrogen) atoms. The molecule has 0 radical (unpaired) electrons. The van der Waals surface area contributed by atoms with Gasteiger partial charge in [-0.3, -0.25) is 14.3 Å². The standard InChI is InChI=1S/C35H38F2N6O5S/c1-2-15-39-17-19-40(20-18-39)27-14-16-41(23-27)34(44)33(26-6-4-3-5-7-26)42-31-21-25(22-38)8-13-30(31)43(35(42)45)49(46,47)29-11-9-28(10-12-29)48-24-32(36)37/h3-13,21,27,32-33H,2,14-20,23-24H2,1H3/t27-,33?/m0/s1. The Morgan fingerprint density at radius 2 is 1.69 bits per heavy atom. The molecule has 0 bridgehead atoms. The molecule has 2 fully saturated rings. The molecule has 0 spiro atoms. The van der Waals surface area contributed by atoms with Gasteiger partial charge in [-0.05, 0) is 67.4 Å². The zero-order valence-electron chi connectivity index (χ0n) is 27.1. The van der Waals surface area contributed by atoms with Gasteiger partial charge in [-0.25, -0.2) is 22.0 Å². The van der Waals surface area contributed by atoms with Gasteiger partial charge in [0, 0.05) is 45.3 Å². The summed E-state index contributed by atoms with van der Waals surface area (Å²) in [7, 11) is -4.57. The lowest BCUT2D eigenvalue weighted by Gasteiger charge is -2.38. The first-order valence-corrected chi connectivity index (χ1v) is 17.8. The number of benzene rings is 3. The lowest BCUT2D eigenvalue weighted by atomic mass is 10.0. The molecule has 3 heterocycles. The lowest BCUT2D eigenvalue weighted by Crippen LogP contribution is -2.51. The van der Waals surface area contributed by atoms with Crippen LogP contribution in [0.2, 0.25) is 0 Å². The molecule has 0 saturated carbocycles. The minimum atomic E-state index is -4.57. The topological polar surface area (TPSA) is 121 Å². The van der Waals surface area contributed by atoms with Gasteiger partial charge >= 0.3 is 5.69 Å². The average Bonchev–Trinajstić information content (AvgIpc) is 3.72. The number of ether oxygens (including phenoxy) is 1. The Bertz CT molecular complexity index is 2000. The highest BCUT2D eigenvalue weighted by molar-refractivity contribution is 7.90. The van der Waals surface area contributed by atoms with Gasteiger partial charge in [0.25, 0.3) is 22.4 Å². The second kappa shape index (κ2) is 14.5. The first kappa shape index (κ1) is 34.3. The molecule has 0 N–H and O–H groups in total. The van der Waals surface area contributed by atoms with E-state index in [1.165, 1.54) is 47.0 Å². The molecule has 1 aromatic heterocycles. The lowest BCUT2D eigenvalue weighted by molar-refractivity contribution is -0.132. The van der Waals surface area contributed by atoms with Crippen molar-refractivity contribution in [2.45, 2.75) is 43.2 Å². The van der Waals surface area contributed by atoms with Crippen molar-refractivity contribution in [3.8, 4) is 11.8 Å². The first-order valence-electron chi connectivity index (χ1n) is 16.4. The van der Waals surface area contributed by atoms with E-state index in [1.807, 2.05) is 6.07 Å². The average molecular weight is 693 g/mol. The molecule has 11 nitrogen and oxygen atoms in total. The Morgan fingerprint density at radius 3 is 2.35 bits per heavy atom. The van der Waals surface area contributed by atoms with Gasteiger partial charge in [-0.1, -0.05) is 37.3 Å². The van der Waals surface area contributed by atoms with Crippen LogP contribution in [0.4, 0.5) is 8.78 Å². The Kier molecular flexibility index (Phi) is 10.1. The van der Waals surface area contributed by atoms with Crippen molar-refractivity contribution in [3.05, 3.63) is 94.4 Å². The van der Waals surface area contributed by atoms with E-state index in [4.69, 9.17) is 4.74 Å². The fraction of sp³-hybridized carbons (Fsp3) is 0.400. The number of piperazine rings is 1. The predicted octanol–water partition coefficient (Wildman–Crippen LogP) is 3.77. The molecule has 4 aromatic rings. The SMILES string of the molecule is CCCN1CCN([C@H]2CCN(C(=O)C(c3ccccc3)n3c(=O)n(S(=O)(=O)c4ccc(OCC(F)F)cc4)c4ccc(C#N)cc43)C2)CC1. The van der Waals surface area contributed by atoms with Crippen molar-refractivity contribution >= 4 is 27.0 Å². The molecule has 14 heteroatoms. The van der Waals surface area contributed by atoms with E-state index < -0.39 is 34.8 Å². The molecular formula is C35H38F2N6O5S. The highest BCUT2D eigenvalue weighted by atomic mass is 32.2. The summed E-state index contributed by atoms with van der Waals surface area (Å²) in [5, 5.41) is 9.74. The molecule has 258 valence electrons. The highest BCUT2D eigenvalue weighted by Crippen LogP contribution is 2.30. The van der Waals surface area contributed by atoms with Crippen molar-refractivity contribution in [2.24, 2.45) is 0 Å². The molecule has 2 atom stereocenters. The second-order valence-electron chi connectivity index (χ2n) is 12.3. The van der Waals surface area contributed by atoms with Crippen LogP contribution in [0.25, 0.3) is 11.0 Å². The fourth-order valence-corrected chi connectivity index (χ4v) is 8.23. The Labute approximate surface area is 283 Å². The molecule has 1 unspecified atom stereocenters. The molecule has 2 aliphatic rings. The minimum Gasteiger partial charge on any atom is -0.488 e. The molecule has 1 amide bonds. The Morgan fingerprint density at radius 1 is 0.980 bits per heavy atom. The van der Waals surface area contributed by atoms with E-state index in [1.54, 1.807) is 35.2 Å². The predicted molar refractivity (Wildman–Crippen MR) is 179 cm³/mol. The summed E-state index contributed by atoms with van der Waals surface area (Å²) >= 11 is 0. The van der Waals surface area contributed by atoms with Gasteiger partial charge in [0.05, 0.1) is 27.6 Å². The van der Waals surface area contributed by atoms with E-state index in [0.717, 1.165) is 45.6 Å². The van der Waals surface area contributed by atoms with Gasteiger partial charge in [-0.15, -0.1) is 0 Å². The van der Waals surface area contributed by atoms with E-state index in [2.05, 4.69) is 16.7 Å². The summed E-state index contributed by atoms with van der Waals surface area (Å²) in [4.78, 5) is 35.4. The van der Waals surface area contributed by atoms with E-state index in [0.29, 0.717) is 22.6 Å². The van der Waals surface area contributed by atoms with Crippen molar-refractivity contribution in [1.29, 1.82) is 5.26 Å². The van der Waals surface area contributed by atoms with Crippen molar-refractivity contribution in [3.63, 3.8) is 0 Å². The number of amides is 1. The van der Waals surface area contributed by atoms with Crippen LogP contribution < -0.4 is 10.4 Å². The summed E-state index contributed by atoms with van der Waals surface area (Å²) in [6.45, 7) is 7.11. The fourth-order valence-electron chi connectivity index (χ4n) is 6.83. The van der Waals surface area contributed by atoms with Crippen molar-refractivity contribution in [1.82, 2.24) is 23.2 Å². The number of halogens is 2. The number of carbonyl (C=O) groups is 1. The van der Waals surface area contributed by atoms with Crippen LogP contribution >= 0.6 is 0 Å². The Balaban J connectivity index is 1.40. The van der Waals surface area contributed by atoms with Crippen molar-refractivity contribution in [2.75, 3.05) is 52.4 Å². The van der Waals surface area contributed by atoms with Crippen LogP contribution in [0, 0.1) is 11.3 Å². The molecular weight excluding hydrogens is 654 g/mol. The molecule has 0 aliphatic carbocycles. The maximum atomic E-state index is 14.6. The third-order valence-electron chi connectivity index (χ3n) is 9.25. The van der Waals surface area contributed by atoms with Crippen LogP contribution in [-0.4, -0.2) is 102 Å². The van der Waals surface area contributed by atoms with E-state index in [9.17, 15) is 32.0 Å². The number of carbonyl (C=O) groups excluding carboxylic acids is 1. The number of hydrogen-bond acceptors (Lipinski definition) is 8. The number of hydrogen-bond donors (Lipinski definition) is 0. The summed E-state index contributed by atoms with van der Waals surface area (Å²) < 4.78 is 60.2. The summed E-state index contributed by atoms with van der Waals surface area (Å²) in [6, 6.07) is 18.7. The van der Waals surface area contributed by atoms with Gasteiger partial charge in [-0.2, -0.15) is 9.23 Å². The number of nitriles is 1. The normalized spacial score (nSPS) is 18.2. The zero-order valence-corrected chi connectivity index (χ0v) is 27.9. The van der Waals surface area contributed by atoms with Crippen LogP contribution in [0.1, 0.15) is 36.9 Å². The number of aromatic nitrogens is 2. The van der Waals surface area contributed by atoms with Gasteiger partial charge in [0.15, 0.2) is 0 Å². The van der Waals surface area contributed by atoms with Gasteiger partial charge in [0.1, 0.15) is 18.4 Å². The smallest absolute Gasteiger partial charge is 0.344 e. The summed E-state index contributed by atoms with van der Waals surface area (Å²) in [6.07, 6.45) is -0.828. The summed E-state index contributed by atoms with van der Waals surface area (Å²) in [5.74, 6) is -0.311. The van der Waals surface area contributed by atoms with Crippen LogP contribution in [0.15, 0.2) is 82.5 Å². The third-order valence-corrected chi connectivity index (χ3v) is 10.9. The van der Waals surface area contributed by atoms with Crippen LogP contribution in [0.3, 0.4) is 0 Å². The highest BCUT2D eigenvalue weighted by Gasteiger charge is 2.38. The maximum absolute atomic E-state index is 14.6. The van der Waals surface area contributed by atoms with E-state index in [-0.39, 0.29) is 39.2 Å². The third kappa shape index (κ3) is 6.96. The second-order valence-corrected chi connectivity index (χ2v) is 14.1.